The van der Waals surface area contributed by atoms with Crippen LogP contribution in [0.1, 0.15) is 23.2 Å². The molecule has 2 amide bonds. The summed E-state index contributed by atoms with van der Waals surface area (Å²) in [5.74, 6) is -0.145. The molecule has 130 valence electrons. The molecule has 2 N–H and O–H groups in total. The lowest BCUT2D eigenvalue weighted by Crippen LogP contribution is -2.62. The summed E-state index contributed by atoms with van der Waals surface area (Å²) in [6, 6.07) is 5.83. The van der Waals surface area contributed by atoms with Gasteiger partial charge >= 0.3 is 0 Å². The number of aromatic nitrogens is 2. The van der Waals surface area contributed by atoms with Crippen LogP contribution in [-0.4, -0.2) is 63.8 Å². The van der Waals surface area contributed by atoms with Gasteiger partial charge in [-0.25, -0.2) is 0 Å². The third kappa shape index (κ3) is 3.07. The van der Waals surface area contributed by atoms with E-state index >= 15 is 0 Å². The number of hydrogen-bond donors (Lipinski definition) is 1. The van der Waals surface area contributed by atoms with Crippen molar-refractivity contribution in [3.05, 3.63) is 36.2 Å². The predicted molar refractivity (Wildman–Crippen MR) is 92.7 cm³/mol. The topological polar surface area (TPSA) is 92.4 Å². The second-order valence-electron chi connectivity index (χ2n) is 6.84. The normalized spacial score (nSPS) is 19.8. The molecule has 0 radical (unpaired) electrons. The van der Waals surface area contributed by atoms with Crippen molar-refractivity contribution in [3.8, 4) is 0 Å². The van der Waals surface area contributed by atoms with E-state index in [2.05, 4.69) is 14.9 Å². The molecule has 3 heterocycles. The Hall–Kier alpha value is -2.54. The second kappa shape index (κ2) is 6.40. The van der Waals surface area contributed by atoms with E-state index in [9.17, 15) is 9.59 Å². The van der Waals surface area contributed by atoms with E-state index in [-0.39, 0.29) is 17.7 Å². The Bertz CT molecular complexity index is 810. The van der Waals surface area contributed by atoms with Crippen molar-refractivity contribution in [2.24, 2.45) is 11.7 Å². The Morgan fingerprint density at radius 2 is 1.72 bits per heavy atom. The lowest BCUT2D eigenvalue weighted by Gasteiger charge is -2.47. The van der Waals surface area contributed by atoms with Gasteiger partial charge in [-0.15, -0.1) is 0 Å². The van der Waals surface area contributed by atoms with Crippen molar-refractivity contribution in [1.29, 1.82) is 0 Å². The van der Waals surface area contributed by atoms with Gasteiger partial charge in [0.1, 0.15) is 0 Å². The average molecular weight is 339 g/mol. The standard InChI is InChI=1S/C18H21N5O2/c19-17(24)12-3-7-22(8-4-12)14-10-23(11-14)18(25)13-1-2-15-16(9-13)21-6-5-20-15/h1-2,5-6,9,12,14H,3-4,7-8,10-11H2,(H2,19,24). The van der Waals surface area contributed by atoms with Crippen LogP contribution in [-0.2, 0) is 4.79 Å². The third-order valence-electron chi connectivity index (χ3n) is 5.31. The van der Waals surface area contributed by atoms with E-state index < -0.39 is 0 Å². The van der Waals surface area contributed by atoms with E-state index in [4.69, 9.17) is 5.73 Å². The average Bonchev–Trinajstić information content (AvgIpc) is 2.60. The molecule has 2 aromatic rings. The number of carbonyl (C=O) groups excluding carboxylic acids is 2. The predicted octanol–water partition coefficient (Wildman–Crippen LogP) is 0.652. The fourth-order valence-electron chi connectivity index (χ4n) is 3.68. The largest absolute Gasteiger partial charge is 0.369 e. The summed E-state index contributed by atoms with van der Waals surface area (Å²) in [4.78, 5) is 36.6. The summed E-state index contributed by atoms with van der Waals surface area (Å²) < 4.78 is 0. The number of primary amides is 1. The molecule has 1 aromatic carbocycles. The molecule has 2 aliphatic heterocycles. The number of piperidine rings is 1. The van der Waals surface area contributed by atoms with Crippen molar-refractivity contribution < 1.29 is 9.59 Å². The van der Waals surface area contributed by atoms with E-state index in [1.54, 1.807) is 18.5 Å². The minimum atomic E-state index is -0.190. The highest BCUT2D eigenvalue weighted by atomic mass is 16.2. The number of rotatable bonds is 3. The molecular formula is C18H21N5O2. The quantitative estimate of drug-likeness (QED) is 0.886. The van der Waals surface area contributed by atoms with Gasteiger partial charge in [-0.05, 0) is 44.1 Å². The van der Waals surface area contributed by atoms with Crippen LogP contribution in [0.15, 0.2) is 30.6 Å². The first-order chi connectivity index (χ1) is 12.1. The first-order valence-electron chi connectivity index (χ1n) is 8.65. The zero-order chi connectivity index (χ0) is 17.4. The maximum Gasteiger partial charge on any atom is 0.254 e. The van der Waals surface area contributed by atoms with Gasteiger partial charge in [0.2, 0.25) is 5.91 Å². The highest BCUT2D eigenvalue weighted by molar-refractivity contribution is 5.97. The Kier molecular flexibility index (Phi) is 4.09. The zero-order valence-corrected chi connectivity index (χ0v) is 14.0. The number of benzene rings is 1. The van der Waals surface area contributed by atoms with Crippen LogP contribution in [0, 0.1) is 5.92 Å². The van der Waals surface area contributed by atoms with Crippen LogP contribution in [0.25, 0.3) is 11.0 Å². The van der Waals surface area contributed by atoms with Crippen LogP contribution in [0.3, 0.4) is 0 Å². The number of fused-ring (bicyclic) bond motifs is 1. The van der Waals surface area contributed by atoms with Crippen LogP contribution in [0.2, 0.25) is 0 Å². The van der Waals surface area contributed by atoms with Gasteiger partial charge in [0, 0.05) is 43.0 Å². The van der Waals surface area contributed by atoms with E-state index in [1.165, 1.54) is 0 Å². The van der Waals surface area contributed by atoms with Crippen LogP contribution < -0.4 is 5.73 Å². The van der Waals surface area contributed by atoms with Crippen molar-refractivity contribution in [3.63, 3.8) is 0 Å². The van der Waals surface area contributed by atoms with Gasteiger partial charge in [-0.3, -0.25) is 24.5 Å². The van der Waals surface area contributed by atoms with Gasteiger partial charge in [-0.2, -0.15) is 0 Å². The first kappa shape index (κ1) is 16.0. The summed E-state index contributed by atoms with van der Waals surface area (Å²) in [5.41, 5.74) is 7.56. The van der Waals surface area contributed by atoms with Crippen LogP contribution in [0.5, 0.6) is 0 Å². The molecule has 4 rings (SSSR count). The summed E-state index contributed by atoms with van der Waals surface area (Å²) in [7, 11) is 0. The Morgan fingerprint density at radius 1 is 1.04 bits per heavy atom. The van der Waals surface area contributed by atoms with Gasteiger partial charge in [0.05, 0.1) is 11.0 Å². The Morgan fingerprint density at radius 3 is 2.40 bits per heavy atom. The van der Waals surface area contributed by atoms with E-state index in [0.717, 1.165) is 50.1 Å². The molecule has 7 heteroatoms. The molecule has 0 saturated carbocycles. The molecule has 0 bridgehead atoms. The summed E-state index contributed by atoms with van der Waals surface area (Å²) in [5, 5.41) is 0. The number of carbonyl (C=O) groups is 2. The second-order valence-corrected chi connectivity index (χ2v) is 6.84. The number of amides is 2. The summed E-state index contributed by atoms with van der Waals surface area (Å²) >= 11 is 0. The molecular weight excluding hydrogens is 318 g/mol. The van der Waals surface area contributed by atoms with Crippen molar-refractivity contribution >= 4 is 22.8 Å². The smallest absolute Gasteiger partial charge is 0.254 e. The lowest BCUT2D eigenvalue weighted by atomic mass is 9.93. The van der Waals surface area contributed by atoms with Gasteiger partial charge < -0.3 is 10.6 Å². The highest BCUT2D eigenvalue weighted by Gasteiger charge is 2.37. The zero-order valence-electron chi connectivity index (χ0n) is 14.0. The highest BCUT2D eigenvalue weighted by Crippen LogP contribution is 2.24. The molecule has 0 unspecified atom stereocenters. The first-order valence-corrected chi connectivity index (χ1v) is 8.65. The molecule has 25 heavy (non-hydrogen) atoms. The Balaban J connectivity index is 1.35. The lowest BCUT2D eigenvalue weighted by molar-refractivity contribution is -0.123. The number of likely N-dealkylation sites (tertiary alicyclic amines) is 2. The summed E-state index contributed by atoms with van der Waals surface area (Å²) in [6.45, 7) is 3.23. The fraction of sp³-hybridized carbons (Fsp3) is 0.444. The molecule has 0 atom stereocenters. The molecule has 7 nitrogen and oxygen atoms in total. The maximum atomic E-state index is 12.6. The Labute approximate surface area is 145 Å². The number of nitrogens with zero attached hydrogens (tertiary/aromatic N) is 4. The molecule has 2 fully saturated rings. The maximum absolute atomic E-state index is 12.6. The van der Waals surface area contributed by atoms with E-state index in [0.29, 0.717) is 11.6 Å². The molecule has 2 aliphatic rings. The monoisotopic (exact) mass is 339 g/mol. The van der Waals surface area contributed by atoms with E-state index in [1.807, 2.05) is 17.0 Å². The molecule has 0 spiro atoms. The minimum absolute atomic E-state index is 0.00720. The molecule has 1 aromatic heterocycles. The number of hydrogen-bond acceptors (Lipinski definition) is 5. The third-order valence-corrected chi connectivity index (χ3v) is 5.31. The van der Waals surface area contributed by atoms with Crippen molar-refractivity contribution in [2.45, 2.75) is 18.9 Å². The molecule has 0 aliphatic carbocycles. The van der Waals surface area contributed by atoms with Crippen LogP contribution >= 0.6 is 0 Å². The SMILES string of the molecule is NC(=O)C1CCN(C2CN(C(=O)c3ccc4nccnc4c3)C2)CC1. The molecule has 2 saturated heterocycles. The summed E-state index contributed by atoms with van der Waals surface area (Å²) in [6.07, 6.45) is 4.92. The van der Waals surface area contributed by atoms with Crippen LogP contribution in [0.4, 0.5) is 0 Å². The minimum Gasteiger partial charge on any atom is -0.369 e. The fourth-order valence-corrected chi connectivity index (χ4v) is 3.68. The van der Waals surface area contributed by atoms with Gasteiger partial charge in [0.25, 0.3) is 5.91 Å². The van der Waals surface area contributed by atoms with Crippen molar-refractivity contribution in [1.82, 2.24) is 19.8 Å². The van der Waals surface area contributed by atoms with Crippen molar-refractivity contribution in [2.75, 3.05) is 26.2 Å². The van der Waals surface area contributed by atoms with Gasteiger partial charge in [-0.1, -0.05) is 0 Å². The van der Waals surface area contributed by atoms with Gasteiger partial charge in [0.15, 0.2) is 0 Å². The number of nitrogens with two attached hydrogens (primary N) is 1.